The lowest BCUT2D eigenvalue weighted by atomic mass is 10.1. The molecule has 0 bridgehead atoms. The van der Waals surface area contributed by atoms with Gasteiger partial charge in [0, 0.05) is 6.04 Å². The minimum absolute atomic E-state index is 0.100. The Bertz CT molecular complexity index is 208. The third kappa shape index (κ3) is 7.75. The molecule has 0 fully saturated rings. The number of carboxylic acid groups (broad SMARTS) is 1. The summed E-state index contributed by atoms with van der Waals surface area (Å²) in [6.07, 6.45) is 2.71. The molecule has 0 aliphatic heterocycles. The van der Waals surface area contributed by atoms with E-state index in [4.69, 9.17) is 5.11 Å². The van der Waals surface area contributed by atoms with Crippen LogP contribution >= 0.6 is 0 Å². The molecule has 2 amide bonds. The van der Waals surface area contributed by atoms with E-state index in [2.05, 4.69) is 10.2 Å². The quantitative estimate of drug-likeness (QED) is 0.553. The van der Waals surface area contributed by atoms with Gasteiger partial charge >= 0.3 is 12.0 Å². The van der Waals surface area contributed by atoms with Crippen molar-refractivity contribution in [3.8, 4) is 0 Å². The normalized spacial score (nSPS) is 11.9. The van der Waals surface area contributed by atoms with Gasteiger partial charge in [0.15, 0.2) is 6.61 Å². The van der Waals surface area contributed by atoms with Crippen molar-refractivity contribution in [2.45, 2.75) is 39.2 Å². The maximum Gasteiger partial charge on any atom is 0.338 e. The monoisotopic (exact) mass is 218 g/mol. The Kier molecular flexibility index (Phi) is 7.35. The highest BCUT2D eigenvalue weighted by Gasteiger charge is 2.09. The lowest BCUT2D eigenvalue weighted by molar-refractivity contribution is -0.144. The van der Waals surface area contributed by atoms with E-state index in [1.54, 1.807) is 0 Å². The number of hydrogen-bond donors (Lipinski definition) is 3. The number of nitrogens with one attached hydrogen (secondary N) is 2. The van der Waals surface area contributed by atoms with E-state index in [1.165, 1.54) is 0 Å². The lowest BCUT2D eigenvalue weighted by Gasteiger charge is -2.15. The topological polar surface area (TPSA) is 87.7 Å². The van der Waals surface area contributed by atoms with Crippen molar-refractivity contribution in [3.63, 3.8) is 0 Å². The second-order valence-corrected chi connectivity index (χ2v) is 3.15. The molecule has 0 saturated carbocycles. The summed E-state index contributed by atoms with van der Waals surface area (Å²) in [5.41, 5.74) is 2.01. The van der Waals surface area contributed by atoms with E-state index in [0.717, 1.165) is 19.3 Å². The molecule has 3 N–H and O–H groups in total. The van der Waals surface area contributed by atoms with Gasteiger partial charge in [0.1, 0.15) is 0 Å². The zero-order valence-electron chi connectivity index (χ0n) is 9.08. The van der Waals surface area contributed by atoms with Crippen LogP contribution in [0.2, 0.25) is 0 Å². The molecular weight excluding hydrogens is 200 g/mol. The van der Waals surface area contributed by atoms with Gasteiger partial charge in [0.25, 0.3) is 0 Å². The summed E-state index contributed by atoms with van der Waals surface area (Å²) in [5.74, 6) is -1.13. The Hall–Kier alpha value is -1.30. The number of hydrogen-bond acceptors (Lipinski definition) is 3. The molecule has 1 atom stereocenters. The van der Waals surface area contributed by atoms with Gasteiger partial charge in [-0.05, 0) is 12.8 Å². The Morgan fingerprint density at radius 3 is 2.53 bits per heavy atom. The van der Waals surface area contributed by atoms with Crippen molar-refractivity contribution in [3.05, 3.63) is 0 Å². The number of aliphatic carboxylic acids is 1. The molecule has 0 aliphatic rings. The third-order valence-corrected chi connectivity index (χ3v) is 1.83. The number of urea groups is 1. The molecule has 0 aromatic rings. The van der Waals surface area contributed by atoms with E-state index in [9.17, 15) is 9.59 Å². The minimum Gasteiger partial charge on any atom is -0.479 e. The first-order valence-electron chi connectivity index (χ1n) is 5.00. The Labute approximate surface area is 88.9 Å². The molecule has 0 aromatic heterocycles. The van der Waals surface area contributed by atoms with Crippen molar-refractivity contribution in [1.82, 2.24) is 10.8 Å². The third-order valence-electron chi connectivity index (χ3n) is 1.83. The van der Waals surface area contributed by atoms with Gasteiger partial charge in [-0.2, -0.15) is 0 Å². The summed E-state index contributed by atoms with van der Waals surface area (Å²) in [6.45, 7) is 3.46. The molecule has 1 unspecified atom stereocenters. The summed E-state index contributed by atoms with van der Waals surface area (Å²) in [4.78, 5) is 25.6. The van der Waals surface area contributed by atoms with Crippen LogP contribution in [0.15, 0.2) is 0 Å². The summed E-state index contributed by atoms with van der Waals surface area (Å²) in [5, 5.41) is 10.9. The number of rotatable bonds is 7. The maximum atomic E-state index is 11.1. The predicted molar refractivity (Wildman–Crippen MR) is 54.2 cm³/mol. The first kappa shape index (κ1) is 13.7. The Morgan fingerprint density at radius 2 is 2.07 bits per heavy atom. The van der Waals surface area contributed by atoms with Crippen molar-refractivity contribution in [2.75, 3.05) is 6.61 Å². The molecule has 88 valence electrons. The SMILES string of the molecule is CCCC(CC)NC(=O)NOCC(=O)O. The summed E-state index contributed by atoms with van der Waals surface area (Å²) in [7, 11) is 0. The van der Waals surface area contributed by atoms with Crippen LogP contribution in [0.1, 0.15) is 33.1 Å². The smallest absolute Gasteiger partial charge is 0.338 e. The molecule has 0 rings (SSSR count). The second kappa shape index (κ2) is 8.05. The number of carbonyl (C=O) groups is 2. The molecule has 0 radical (unpaired) electrons. The summed E-state index contributed by atoms with van der Waals surface area (Å²) < 4.78 is 0. The van der Waals surface area contributed by atoms with Gasteiger partial charge in [0.05, 0.1) is 0 Å². The van der Waals surface area contributed by atoms with E-state index in [-0.39, 0.29) is 6.04 Å². The first-order chi connectivity index (χ1) is 7.10. The van der Waals surface area contributed by atoms with Crippen molar-refractivity contribution < 1.29 is 19.5 Å². The first-order valence-corrected chi connectivity index (χ1v) is 5.00. The highest BCUT2D eigenvalue weighted by atomic mass is 16.7. The zero-order valence-corrected chi connectivity index (χ0v) is 9.08. The molecular formula is C9H18N2O4. The molecule has 15 heavy (non-hydrogen) atoms. The fourth-order valence-corrected chi connectivity index (χ4v) is 1.11. The van der Waals surface area contributed by atoms with E-state index >= 15 is 0 Å². The van der Waals surface area contributed by atoms with Crippen LogP contribution in [0.3, 0.4) is 0 Å². The Balaban J connectivity index is 3.66. The highest BCUT2D eigenvalue weighted by molar-refractivity contribution is 5.73. The second-order valence-electron chi connectivity index (χ2n) is 3.15. The summed E-state index contributed by atoms with van der Waals surface area (Å²) >= 11 is 0. The predicted octanol–water partition coefficient (Wildman–Crippen LogP) is 0.880. The van der Waals surface area contributed by atoms with Crippen LogP contribution in [0.5, 0.6) is 0 Å². The number of carbonyl (C=O) groups excluding carboxylic acids is 1. The largest absolute Gasteiger partial charge is 0.479 e. The highest BCUT2D eigenvalue weighted by Crippen LogP contribution is 2.00. The minimum atomic E-state index is -1.13. The number of amides is 2. The maximum absolute atomic E-state index is 11.1. The van der Waals surface area contributed by atoms with E-state index in [1.807, 2.05) is 19.3 Å². The van der Waals surface area contributed by atoms with Gasteiger partial charge < -0.3 is 10.4 Å². The van der Waals surface area contributed by atoms with Crippen LogP contribution in [-0.2, 0) is 9.63 Å². The van der Waals surface area contributed by atoms with Gasteiger partial charge in [0.2, 0.25) is 0 Å². The van der Waals surface area contributed by atoms with E-state index in [0.29, 0.717) is 0 Å². The van der Waals surface area contributed by atoms with Gasteiger partial charge in [-0.1, -0.05) is 20.3 Å². The fraction of sp³-hybridized carbons (Fsp3) is 0.778. The standard InChI is InChI=1S/C9H18N2O4/c1-3-5-7(4-2)10-9(14)11-15-6-8(12)13/h7H,3-6H2,1-2H3,(H,12,13)(H2,10,11,14). The van der Waals surface area contributed by atoms with Gasteiger partial charge in [-0.3, -0.25) is 4.84 Å². The van der Waals surface area contributed by atoms with E-state index < -0.39 is 18.6 Å². The molecule has 0 aliphatic carbocycles. The van der Waals surface area contributed by atoms with Crippen LogP contribution in [0.25, 0.3) is 0 Å². The average Bonchev–Trinajstić information content (AvgIpc) is 2.16. The Morgan fingerprint density at radius 1 is 1.40 bits per heavy atom. The van der Waals surface area contributed by atoms with Crippen LogP contribution in [0, 0.1) is 0 Å². The van der Waals surface area contributed by atoms with Crippen LogP contribution < -0.4 is 10.8 Å². The molecule has 0 heterocycles. The summed E-state index contributed by atoms with van der Waals surface area (Å²) in [6, 6.07) is -0.403. The van der Waals surface area contributed by atoms with Crippen molar-refractivity contribution in [2.24, 2.45) is 0 Å². The number of carboxylic acids is 1. The molecule has 0 saturated heterocycles. The number of hydroxylamine groups is 1. The zero-order chi connectivity index (χ0) is 11.7. The lowest BCUT2D eigenvalue weighted by Crippen LogP contribution is -2.42. The average molecular weight is 218 g/mol. The molecule has 0 aromatic carbocycles. The molecule has 0 spiro atoms. The van der Waals surface area contributed by atoms with Gasteiger partial charge in [-0.15, -0.1) is 0 Å². The molecule has 6 heteroatoms. The van der Waals surface area contributed by atoms with Gasteiger partial charge in [-0.25, -0.2) is 15.1 Å². The van der Waals surface area contributed by atoms with Crippen LogP contribution in [-0.4, -0.2) is 29.8 Å². The van der Waals surface area contributed by atoms with Crippen molar-refractivity contribution in [1.29, 1.82) is 0 Å². The van der Waals surface area contributed by atoms with Crippen molar-refractivity contribution >= 4 is 12.0 Å². The molecule has 6 nitrogen and oxygen atoms in total. The van der Waals surface area contributed by atoms with Crippen LogP contribution in [0.4, 0.5) is 4.79 Å². The fourth-order valence-electron chi connectivity index (χ4n) is 1.11.